The van der Waals surface area contributed by atoms with E-state index in [0.717, 1.165) is 44.2 Å². The zero-order chi connectivity index (χ0) is 19.2. The predicted octanol–water partition coefficient (Wildman–Crippen LogP) is 2.78. The lowest BCUT2D eigenvalue weighted by atomic mass is 10.0. The van der Waals surface area contributed by atoms with Crippen LogP contribution in [0.25, 0.3) is 0 Å². The molecule has 1 aromatic carbocycles. The van der Waals surface area contributed by atoms with Crippen LogP contribution in [0.2, 0.25) is 0 Å². The van der Waals surface area contributed by atoms with Crippen LogP contribution in [0.3, 0.4) is 0 Å². The Labute approximate surface area is 160 Å². The van der Waals surface area contributed by atoms with Gasteiger partial charge in [-0.1, -0.05) is 12.1 Å². The van der Waals surface area contributed by atoms with E-state index in [-0.39, 0.29) is 23.7 Å². The number of hydrogen-bond donors (Lipinski definition) is 0. The van der Waals surface area contributed by atoms with E-state index in [2.05, 4.69) is 4.90 Å². The van der Waals surface area contributed by atoms with Crippen molar-refractivity contribution in [3.63, 3.8) is 0 Å². The molecule has 1 aromatic rings. The number of carbonyl (C=O) groups is 2. The number of piperidine rings is 1. The molecule has 0 radical (unpaired) electrons. The summed E-state index contributed by atoms with van der Waals surface area (Å²) in [5, 5.41) is 0. The fourth-order valence-electron chi connectivity index (χ4n) is 4.21. The number of likely N-dealkylation sites (tertiary alicyclic amines) is 2. The molecule has 2 aliphatic heterocycles. The first-order valence-electron chi connectivity index (χ1n) is 10.0. The Morgan fingerprint density at radius 1 is 1.11 bits per heavy atom. The van der Waals surface area contributed by atoms with E-state index >= 15 is 0 Å². The molecule has 5 nitrogen and oxygen atoms in total. The summed E-state index contributed by atoms with van der Waals surface area (Å²) in [6.07, 6.45) is 5.47. The number of nitrogens with zero attached hydrogens (tertiary/aromatic N) is 2. The Balaban J connectivity index is 1.61. The van der Waals surface area contributed by atoms with Gasteiger partial charge in [0.1, 0.15) is 11.9 Å². The van der Waals surface area contributed by atoms with Gasteiger partial charge in [-0.3, -0.25) is 9.69 Å². The van der Waals surface area contributed by atoms with Crippen molar-refractivity contribution in [2.45, 2.75) is 57.5 Å². The van der Waals surface area contributed by atoms with Crippen molar-refractivity contribution in [3.05, 3.63) is 35.6 Å². The number of benzene rings is 1. The maximum atomic E-state index is 13.1. The van der Waals surface area contributed by atoms with Crippen LogP contribution < -0.4 is 0 Å². The molecular weight excluding hydrogens is 347 g/mol. The van der Waals surface area contributed by atoms with Crippen LogP contribution in [0.15, 0.2) is 24.3 Å². The Morgan fingerprint density at radius 2 is 1.89 bits per heavy atom. The minimum absolute atomic E-state index is 0.0127. The molecule has 2 atom stereocenters. The summed E-state index contributed by atoms with van der Waals surface area (Å²) < 4.78 is 18.3. The number of esters is 1. The van der Waals surface area contributed by atoms with Gasteiger partial charge in [0.05, 0.1) is 13.2 Å². The van der Waals surface area contributed by atoms with Crippen molar-refractivity contribution in [2.75, 3.05) is 26.2 Å². The Hall–Kier alpha value is -1.95. The highest BCUT2D eigenvalue weighted by molar-refractivity contribution is 5.85. The van der Waals surface area contributed by atoms with Gasteiger partial charge in [0.2, 0.25) is 5.91 Å². The summed E-state index contributed by atoms with van der Waals surface area (Å²) in [4.78, 5) is 29.1. The fourth-order valence-corrected chi connectivity index (χ4v) is 4.21. The molecule has 0 aliphatic carbocycles. The molecule has 27 heavy (non-hydrogen) atoms. The van der Waals surface area contributed by atoms with Gasteiger partial charge < -0.3 is 9.64 Å². The van der Waals surface area contributed by atoms with Gasteiger partial charge in [-0.2, -0.15) is 0 Å². The summed E-state index contributed by atoms with van der Waals surface area (Å²) in [6, 6.07) is 6.44. The Morgan fingerprint density at radius 3 is 2.63 bits per heavy atom. The average molecular weight is 376 g/mol. The molecule has 3 rings (SSSR count). The predicted molar refractivity (Wildman–Crippen MR) is 101 cm³/mol. The van der Waals surface area contributed by atoms with Gasteiger partial charge in [-0.05, 0) is 69.7 Å². The molecule has 0 bridgehead atoms. The summed E-state index contributed by atoms with van der Waals surface area (Å²) in [7, 11) is 0. The largest absolute Gasteiger partial charge is 0.464 e. The van der Waals surface area contributed by atoms with E-state index in [1.54, 1.807) is 11.8 Å². The monoisotopic (exact) mass is 376 g/mol. The SMILES string of the molecule is CCOC(=O)[C@@H]1CCCCN1C(=O)CN1CCC[C@H]1Cc1ccc(F)cc1. The topological polar surface area (TPSA) is 49.9 Å². The molecule has 6 heteroatoms. The number of rotatable bonds is 6. The van der Waals surface area contributed by atoms with Crippen molar-refractivity contribution in [1.82, 2.24) is 9.80 Å². The molecule has 0 aromatic heterocycles. The minimum Gasteiger partial charge on any atom is -0.464 e. The third kappa shape index (κ3) is 5.06. The number of amides is 1. The van der Waals surface area contributed by atoms with Crippen molar-refractivity contribution < 1.29 is 18.7 Å². The third-order valence-electron chi connectivity index (χ3n) is 5.60. The number of ether oxygens (including phenoxy) is 1. The average Bonchev–Trinajstić information content (AvgIpc) is 3.10. The van der Waals surface area contributed by atoms with Crippen LogP contribution >= 0.6 is 0 Å². The van der Waals surface area contributed by atoms with Gasteiger partial charge in [0, 0.05) is 12.6 Å². The lowest BCUT2D eigenvalue weighted by Crippen LogP contribution is -2.52. The molecule has 0 N–H and O–H groups in total. The second kappa shape index (κ2) is 9.31. The van der Waals surface area contributed by atoms with Crippen molar-refractivity contribution in [1.29, 1.82) is 0 Å². The molecule has 2 aliphatic rings. The molecule has 2 saturated heterocycles. The van der Waals surface area contributed by atoms with E-state index in [9.17, 15) is 14.0 Å². The summed E-state index contributed by atoms with van der Waals surface area (Å²) in [5.41, 5.74) is 1.09. The van der Waals surface area contributed by atoms with Crippen LogP contribution in [-0.4, -0.2) is 60.0 Å². The van der Waals surface area contributed by atoms with E-state index in [0.29, 0.717) is 26.1 Å². The van der Waals surface area contributed by atoms with Gasteiger partial charge >= 0.3 is 5.97 Å². The van der Waals surface area contributed by atoms with Gasteiger partial charge in [-0.25, -0.2) is 9.18 Å². The third-order valence-corrected chi connectivity index (χ3v) is 5.60. The zero-order valence-electron chi connectivity index (χ0n) is 16.0. The summed E-state index contributed by atoms with van der Waals surface area (Å²) in [6.45, 7) is 3.97. The smallest absolute Gasteiger partial charge is 0.328 e. The van der Waals surface area contributed by atoms with Crippen molar-refractivity contribution >= 4 is 11.9 Å². The molecule has 148 valence electrons. The first-order valence-corrected chi connectivity index (χ1v) is 10.0. The Bertz CT molecular complexity index is 649. The number of halogens is 1. The Kier molecular flexibility index (Phi) is 6.83. The highest BCUT2D eigenvalue weighted by Crippen LogP contribution is 2.23. The maximum Gasteiger partial charge on any atom is 0.328 e. The second-order valence-corrected chi connectivity index (χ2v) is 7.45. The molecule has 0 spiro atoms. The first-order chi connectivity index (χ1) is 13.1. The van der Waals surface area contributed by atoms with Crippen LogP contribution in [0.4, 0.5) is 4.39 Å². The molecular formula is C21H29FN2O3. The lowest BCUT2D eigenvalue weighted by Gasteiger charge is -2.36. The highest BCUT2D eigenvalue weighted by atomic mass is 19.1. The normalized spacial score (nSPS) is 23.4. The summed E-state index contributed by atoms with van der Waals surface area (Å²) >= 11 is 0. The fraction of sp³-hybridized carbons (Fsp3) is 0.619. The maximum absolute atomic E-state index is 13.1. The first kappa shape index (κ1) is 19.8. The van der Waals surface area contributed by atoms with E-state index in [1.165, 1.54) is 12.1 Å². The van der Waals surface area contributed by atoms with Crippen LogP contribution in [0.5, 0.6) is 0 Å². The number of hydrogen-bond acceptors (Lipinski definition) is 4. The van der Waals surface area contributed by atoms with Crippen LogP contribution in [0.1, 0.15) is 44.6 Å². The zero-order valence-corrected chi connectivity index (χ0v) is 16.0. The summed E-state index contributed by atoms with van der Waals surface area (Å²) in [5.74, 6) is -0.499. The van der Waals surface area contributed by atoms with Crippen LogP contribution in [0, 0.1) is 5.82 Å². The van der Waals surface area contributed by atoms with Gasteiger partial charge in [0.15, 0.2) is 0 Å². The van der Waals surface area contributed by atoms with Crippen molar-refractivity contribution in [3.8, 4) is 0 Å². The minimum atomic E-state index is -0.440. The van der Waals surface area contributed by atoms with Crippen LogP contribution in [-0.2, 0) is 20.7 Å². The molecule has 1 amide bonds. The van der Waals surface area contributed by atoms with Gasteiger partial charge in [0.25, 0.3) is 0 Å². The van der Waals surface area contributed by atoms with E-state index in [1.807, 2.05) is 12.1 Å². The molecule has 2 heterocycles. The van der Waals surface area contributed by atoms with Gasteiger partial charge in [-0.15, -0.1) is 0 Å². The molecule has 0 saturated carbocycles. The van der Waals surface area contributed by atoms with E-state index in [4.69, 9.17) is 4.74 Å². The second-order valence-electron chi connectivity index (χ2n) is 7.45. The lowest BCUT2D eigenvalue weighted by molar-refractivity contribution is -0.157. The van der Waals surface area contributed by atoms with Crippen molar-refractivity contribution in [2.24, 2.45) is 0 Å². The molecule has 0 unspecified atom stereocenters. The highest BCUT2D eigenvalue weighted by Gasteiger charge is 2.35. The molecule has 2 fully saturated rings. The van der Waals surface area contributed by atoms with E-state index < -0.39 is 6.04 Å². The number of carbonyl (C=O) groups excluding carboxylic acids is 2. The standard InChI is InChI=1S/C21H29FN2O3/c1-2-27-21(26)19-7-3-4-13-24(19)20(25)15-23-12-5-6-18(23)14-16-8-10-17(22)11-9-16/h8-11,18-19H,2-7,12-15H2,1H3/t18-,19-/m0/s1. The quantitative estimate of drug-likeness (QED) is 0.717.